The first kappa shape index (κ1) is 21.0. The smallest absolute Gasteiger partial charge is 0.276 e. The number of carbonyl (C=O) groups is 2. The molecule has 1 heterocycles. The van der Waals surface area contributed by atoms with Gasteiger partial charge in [0, 0.05) is 0 Å². The average molecular weight is 410 g/mol. The molecule has 0 bridgehead atoms. The number of nitrogens with one attached hydrogen (secondary N) is 2. The summed E-state index contributed by atoms with van der Waals surface area (Å²) in [6.45, 7) is 7.12. The first-order chi connectivity index (χ1) is 14.3. The number of aryl methyl sites for hydroxylation is 3. The number of aromatic nitrogens is 2. The lowest BCUT2D eigenvalue weighted by molar-refractivity contribution is -0.123. The van der Waals surface area contributed by atoms with Crippen LogP contribution in [0.15, 0.2) is 42.5 Å². The molecule has 0 atom stereocenters. The average Bonchev–Trinajstić information content (AvgIpc) is 3.01. The summed E-state index contributed by atoms with van der Waals surface area (Å²) in [4.78, 5) is 24.6. The van der Waals surface area contributed by atoms with Crippen molar-refractivity contribution in [3.63, 3.8) is 0 Å². The Balaban J connectivity index is 1.61. The topological polar surface area (TPSA) is 85.2 Å². The van der Waals surface area contributed by atoms with Gasteiger partial charge in [-0.3, -0.25) is 20.4 Å². The molecule has 3 aromatic rings. The van der Waals surface area contributed by atoms with Crippen LogP contribution >= 0.6 is 0 Å². The minimum Gasteiger partial charge on any atom is -0.484 e. The van der Waals surface area contributed by atoms with Crippen LogP contribution in [0.1, 0.15) is 32.9 Å². The Labute approximate surface area is 173 Å². The van der Waals surface area contributed by atoms with E-state index in [2.05, 4.69) is 16.0 Å². The lowest BCUT2D eigenvalue weighted by Crippen LogP contribution is -2.44. The second-order valence-corrected chi connectivity index (χ2v) is 6.97. The van der Waals surface area contributed by atoms with Gasteiger partial charge in [0.1, 0.15) is 11.6 Å². The molecule has 0 unspecified atom stereocenters. The van der Waals surface area contributed by atoms with E-state index in [1.54, 1.807) is 36.7 Å². The first-order valence-electron chi connectivity index (χ1n) is 9.37. The lowest BCUT2D eigenvalue weighted by atomic mass is 10.1. The van der Waals surface area contributed by atoms with Gasteiger partial charge in [-0.1, -0.05) is 6.07 Å². The Morgan fingerprint density at radius 2 is 1.70 bits per heavy atom. The maximum Gasteiger partial charge on any atom is 0.276 e. The van der Waals surface area contributed by atoms with E-state index in [9.17, 15) is 14.0 Å². The number of amides is 2. The maximum atomic E-state index is 13.2. The molecule has 30 heavy (non-hydrogen) atoms. The van der Waals surface area contributed by atoms with Crippen molar-refractivity contribution >= 4 is 11.8 Å². The number of nitrogens with zero attached hydrogens (tertiary/aromatic N) is 2. The molecule has 3 rings (SSSR count). The van der Waals surface area contributed by atoms with Gasteiger partial charge < -0.3 is 4.74 Å². The summed E-state index contributed by atoms with van der Waals surface area (Å²) in [5.74, 6) is -0.781. The van der Waals surface area contributed by atoms with Gasteiger partial charge in [-0.15, -0.1) is 0 Å². The van der Waals surface area contributed by atoms with Gasteiger partial charge in [0.05, 0.1) is 22.6 Å². The molecule has 2 amide bonds. The number of benzene rings is 2. The van der Waals surface area contributed by atoms with Crippen LogP contribution < -0.4 is 15.6 Å². The minimum atomic E-state index is -0.502. The highest BCUT2D eigenvalue weighted by Gasteiger charge is 2.20. The zero-order valence-corrected chi connectivity index (χ0v) is 17.2. The Kier molecular flexibility index (Phi) is 6.15. The third-order valence-electron chi connectivity index (χ3n) is 4.75. The third kappa shape index (κ3) is 4.65. The molecule has 2 N–H and O–H groups in total. The van der Waals surface area contributed by atoms with Crippen LogP contribution in [0, 0.1) is 33.5 Å². The number of hydrogen-bond donors (Lipinski definition) is 2. The maximum absolute atomic E-state index is 13.2. The molecule has 0 fully saturated rings. The Bertz CT molecular complexity index is 1090. The van der Waals surface area contributed by atoms with E-state index in [4.69, 9.17) is 4.74 Å². The van der Waals surface area contributed by atoms with Crippen molar-refractivity contribution in [1.82, 2.24) is 20.6 Å². The fraction of sp³-hybridized carbons (Fsp3) is 0.227. The van der Waals surface area contributed by atoms with Crippen LogP contribution in [0.5, 0.6) is 5.75 Å². The standard InChI is InChI=1S/C22H23FN4O3/c1-13-5-10-19(11-14(13)2)30-12-20(28)24-25-22(29)21-15(3)26-27(16(21)4)18-8-6-17(23)7-9-18/h5-11H,12H2,1-4H3,(H,24,28)(H,25,29). The minimum absolute atomic E-state index is 0.240. The molecule has 7 nitrogen and oxygen atoms in total. The second-order valence-electron chi connectivity index (χ2n) is 6.97. The predicted octanol–water partition coefficient (Wildman–Crippen LogP) is 3.09. The van der Waals surface area contributed by atoms with Crippen LogP contribution in [-0.4, -0.2) is 28.2 Å². The van der Waals surface area contributed by atoms with Crippen molar-refractivity contribution in [2.24, 2.45) is 0 Å². The van der Waals surface area contributed by atoms with E-state index < -0.39 is 11.8 Å². The number of rotatable bonds is 5. The number of hydrazine groups is 1. The summed E-state index contributed by atoms with van der Waals surface area (Å²) in [6.07, 6.45) is 0. The summed E-state index contributed by atoms with van der Waals surface area (Å²) < 4.78 is 20.2. The van der Waals surface area contributed by atoms with Gasteiger partial charge in [0.15, 0.2) is 6.61 Å². The van der Waals surface area contributed by atoms with Crippen LogP contribution in [-0.2, 0) is 4.79 Å². The highest BCUT2D eigenvalue weighted by Crippen LogP contribution is 2.18. The van der Waals surface area contributed by atoms with Crippen LogP contribution in [0.2, 0.25) is 0 Å². The summed E-state index contributed by atoms with van der Waals surface area (Å²) in [5.41, 5.74) is 8.91. The predicted molar refractivity (Wildman–Crippen MR) is 110 cm³/mol. The van der Waals surface area contributed by atoms with Crippen LogP contribution in [0.3, 0.4) is 0 Å². The number of carbonyl (C=O) groups excluding carboxylic acids is 2. The zero-order chi connectivity index (χ0) is 21.8. The van der Waals surface area contributed by atoms with E-state index in [0.29, 0.717) is 28.4 Å². The molecular formula is C22H23FN4O3. The summed E-state index contributed by atoms with van der Waals surface area (Å²) in [7, 11) is 0. The van der Waals surface area contributed by atoms with E-state index in [1.807, 2.05) is 26.0 Å². The SMILES string of the molecule is Cc1ccc(OCC(=O)NNC(=O)c2c(C)nn(-c3ccc(F)cc3)c2C)cc1C. The fourth-order valence-corrected chi connectivity index (χ4v) is 2.98. The molecule has 8 heteroatoms. The summed E-state index contributed by atoms with van der Waals surface area (Å²) in [6, 6.07) is 11.3. The number of hydrogen-bond acceptors (Lipinski definition) is 4. The highest BCUT2D eigenvalue weighted by atomic mass is 19.1. The van der Waals surface area contributed by atoms with Crippen molar-refractivity contribution in [1.29, 1.82) is 0 Å². The van der Waals surface area contributed by atoms with Gasteiger partial charge in [-0.05, 0) is 75.2 Å². The summed E-state index contributed by atoms with van der Waals surface area (Å²) in [5, 5.41) is 4.35. The van der Waals surface area contributed by atoms with Gasteiger partial charge in [0.25, 0.3) is 11.8 Å². The van der Waals surface area contributed by atoms with Crippen molar-refractivity contribution in [3.05, 3.63) is 76.4 Å². The van der Waals surface area contributed by atoms with Crippen molar-refractivity contribution in [2.45, 2.75) is 27.7 Å². The first-order valence-corrected chi connectivity index (χ1v) is 9.37. The van der Waals surface area contributed by atoms with Gasteiger partial charge in [-0.25, -0.2) is 9.07 Å². The second kappa shape index (κ2) is 8.77. The Morgan fingerprint density at radius 1 is 1.00 bits per heavy atom. The van der Waals surface area contributed by atoms with E-state index in [-0.39, 0.29) is 12.4 Å². The van der Waals surface area contributed by atoms with Crippen LogP contribution in [0.4, 0.5) is 4.39 Å². The fourth-order valence-electron chi connectivity index (χ4n) is 2.98. The van der Waals surface area contributed by atoms with Crippen molar-refractivity contribution in [3.8, 4) is 11.4 Å². The van der Waals surface area contributed by atoms with Gasteiger partial charge in [0.2, 0.25) is 0 Å². The number of ether oxygens (including phenoxy) is 1. The molecule has 0 aliphatic carbocycles. The molecule has 156 valence electrons. The van der Waals surface area contributed by atoms with Gasteiger partial charge >= 0.3 is 0 Å². The molecule has 1 aromatic heterocycles. The molecule has 0 radical (unpaired) electrons. The van der Waals surface area contributed by atoms with E-state index in [1.165, 1.54) is 12.1 Å². The molecular weight excluding hydrogens is 387 g/mol. The Hall–Kier alpha value is -3.68. The largest absolute Gasteiger partial charge is 0.484 e. The zero-order valence-electron chi connectivity index (χ0n) is 17.2. The molecule has 0 aliphatic rings. The summed E-state index contributed by atoms with van der Waals surface area (Å²) >= 11 is 0. The lowest BCUT2D eigenvalue weighted by Gasteiger charge is -2.10. The van der Waals surface area contributed by atoms with E-state index in [0.717, 1.165) is 11.1 Å². The monoisotopic (exact) mass is 410 g/mol. The van der Waals surface area contributed by atoms with Crippen molar-refractivity contribution in [2.75, 3.05) is 6.61 Å². The molecule has 0 saturated carbocycles. The quantitative estimate of drug-likeness (QED) is 0.633. The van der Waals surface area contributed by atoms with Crippen molar-refractivity contribution < 1.29 is 18.7 Å². The normalized spacial score (nSPS) is 10.6. The molecule has 0 spiro atoms. The van der Waals surface area contributed by atoms with Gasteiger partial charge in [-0.2, -0.15) is 5.10 Å². The third-order valence-corrected chi connectivity index (χ3v) is 4.75. The molecule has 0 aliphatic heterocycles. The van der Waals surface area contributed by atoms with Crippen LogP contribution in [0.25, 0.3) is 5.69 Å². The Morgan fingerprint density at radius 3 is 2.37 bits per heavy atom. The highest BCUT2D eigenvalue weighted by molar-refractivity contribution is 5.97. The number of halogens is 1. The van der Waals surface area contributed by atoms with E-state index >= 15 is 0 Å². The molecule has 0 saturated heterocycles. The molecule has 2 aromatic carbocycles.